The first-order valence-electron chi connectivity index (χ1n) is 10.6. The van der Waals surface area contributed by atoms with E-state index in [-0.39, 0.29) is 28.5 Å². The molecule has 1 aromatic carbocycles. The Labute approximate surface area is 179 Å². The van der Waals surface area contributed by atoms with E-state index in [0.717, 1.165) is 24.2 Å². The van der Waals surface area contributed by atoms with Gasteiger partial charge in [0.15, 0.2) is 0 Å². The van der Waals surface area contributed by atoms with E-state index in [1.54, 1.807) is 13.1 Å². The summed E-state index contributed by atoms with van der Waals surface area (Å²) in [5, 5.41) is 0.154. The van der Waals surface area contributed by atoms with Crippen LogP contribution in [0.4, 0.5) is 0 Å². The van der Waals surface area contributed by atoms with Gasteiger partial charge in [0.2, 0.25) is 0 Å². The van der Waals surface area contributed by atoms with E-state index in [1.165, 1.54) is 4.57 Å². The molecule has 1 N–H and O–H groups in total. The van der Waals surface area contributed by atoms with Crippen LogP contribution in [0.25, 0.3) is 11.0 Å². The van der Waals surface area contributed by atoms with Crippen molar-refractivity contribution in [2.24, 2.45) is 7.05 Å². The summed E-state index contributed by atoms with van der Waals surface area (Å²) in [5.41, 5.74) is 1.07. The van der Waals surface area contributed by atoms with E-state index in [4.69, 9.17) is 4.74 Å². The van der Waals surface area contributed by atoms with Gasteiger partial charge in [0.05, 0.1) is 23.6 Å². The second kappa shape index (κ2) is 8.37. The fourth-order valence-electron chi connectivity index (χ4n) is 4.20. The fourth-order valence-corrected chi connectivity index (χ4v) is 4.20. The third-order valence-electron chi connectivity index (χ3n) is 5.81. The Balaban J connectivity index is 1.79. The summed E-state index contributed by atoms with van der Waals surface area (Å²) in [7, 11) is 1.54. The Morgan fingerprint density at radius 3 is 2.65 bits per heavy atom. The van der Waals surface area contributed by atoms with Gasteiger partial charge < -0.3 is 9.64 Å². The predicted molar refractivity (Wildman–Crippen MR) is 118 cm³/mol. The van der Waals surface area contributed by atoms with Gasteiger partial charge in [0, 0.05) is 19.3 Å². The number of hydrogen-bond acceptors (Lipinski definition) is 5. The summed E-state index contributed by atoms with van der Waals surface area (Å²) in [4.78, 5) is 46.9. The molecule has 4 rings (SSSR count). The number of rotatable bonds is 5. The number of hydrogen-bond donors (Lipinski definition) is 1. The van der Waals surface area contributed by atoms with Crippen molar-refractivity contribution in [3.8, 4) is 5.75 Å². The Bertz CT molecular complexity index is 1240. The number of aryl methyl sites for hydroxylation is 2. The van der Waals surface area contributed by atoms with Crippen LogP contribution in [0, 0.1) is 0 Å². The number of ether oxygens (including phenoxy) is 1. The Kier molecular flexibility index (Phi) is 5.63. The molecule has 1 saturated heterocycles. The maximum absolute atomic E-state index is 13.7. The van der Waals surface area contributed by atoms with Gasteiger partial charge in [-0.25, -0.2) is 9.78 Å². The molecule has 162 valence electrons. The first kappa shape index (κ1) is 20.8. The van der Waals surface area contributed by atoms with Crippen molar-refractivity contribution >= 4 is 16.9 Å². The van der Waals surface area contributed by atoms with Crippen LogP contribution >= 0.6 is 0 Å². The summed E-state index contributed by atoms with van der Waals surface area (Å²) in [6.45, 7) is 5.06. The number of aromatic nitrogens is 3. The third kappa shape index (κ3) is 3.73. The summed E-state index contributed by atoms with van der Waals surface area (Å²) in [6, 6.07) is 9.40. The number of nitrogens with one attached hydrogen (secondary N) is 1. The average Bonchev–Trinajstić information content (AvgIpc) is 3.27. The minimum atomic E-state index is -0.589. The lowest BCUT2D eigenvalue weighted by Crippen LogP contribution is -2.34. The van der Waals surface area contributed by atoms with Gasteiger partial charge in [-0.15, -0.1) is 0 Å². The lowest BCUT2D eigenvalue weighted by molar-refractivity contribution is 0.0737. The lowest BCUT2D eigenvalue weighted by atomic mass is 10.0. The molecule has 1 atom stereocenters. The van der Waals surface area contributed by atoms with E-state index in [0.29, 0.717) is 25.3 Å². The molecule has 1 amide bonds. The van der Waals surface area contributed by atoms with E-state index in [2.05, 4.69) is 9.97 Å². The molecule has 0 saturated carbocycles. The van der Waals surface area contributed by atoms with Crippen LogP contribution in [0.15, 0.2) is 39.9 Å². The Morgan fingerprint density at radius 1 is 1.23 bits per heavy atom. The molecule has 0 aliphatic carbocycles. The van der Waals surface area contributed by atoms with Gasteiger partial charge in [0.25, 0.3) is 11.5 Å². The van der Waals surface area contributed by atoms with Crippen LogP contribution in [0.5, 0.6) is 5.75 Å². The highest BCUT2D eigenvalue weighted by Gasteiger charge is 2.32. The molecule has 31 heavy (non-hydrogen) atoms. The van der Waals surface area contributed by atoms with Crippen LogP contribution in [0.3, 0.4) is 0 Å². The number of benzene rings is 1. The van der Waals surface area contributed by atoms with Crippen LogP contribution in [0.1, 0.15) is 54.3 Å². The van der Waals surface area contributed by atoms with Crippen molar-refractivity contribution in [3.63, 3.8) is 0 Å². The zero-order valence-electron chi connectivity index (χ0n) is 18.0. The van der Waals surface area contributed by atoms with E-state index < -0.39 is 11.2 Å². The van der Waals surface area contributed by atoms with Crippen LogP contribution in [-0.4, -0.2) is 38.5 Å². The summed E-state index contributed by atoms with van der Waals surface area (Å²) in [6.07, 6.45) is 2.31. The van der Waals surface area contributed by atoms with Crippen LogP contribution in [-0.2, 0) is 13.5 Å². The first-order chi connectivity index (χ1) is 14.9. The van der Waals surface area contributed by atoms with E-state index in [9.17, 15) is 14.4 Å². The number of nitrogens with zero attached hydrogens (tertiary/aromatic N) is 3. The molecule has 1 aliphatic heterocycles. The van der Waals surface area contributed by atoms with Gasteiger partial charge in [-0.2, -0.15) is 0 Å². The van der Waals surface area contributed by atoms with Gasteiger partial charge in [-0.3, -0.25) is 19.1 Å². The highest BCUT2D eigenvalue weighted by atomic mass is 16.5. The lowest BCUT2D eigenvalue weighted by Gasteiger charge is -2.26. The summed E-state index contributed by atoms with van der Waals surface area (Å²) < 4.78 is 6.80. The number of pyridine rings is 1. The molecule has 2 aromatic heterocycles. The molecular weight excluding hydrogens is 396 g/mol. The Morgan fingerprint density at radius 2 is 1.97 bits per heavy atom. The predicted octanol–water partition coefficient (Wildman–Crippen LogP) is 2.56. The molecule has 0 bridgehead atoms. The molecular formula is C23H26N4O4. The highest BCUT2D eigenvalue weighted by Crippen LogP contribution is 2.34. The largest absolute Gasteiger partial charge is 0.494 e. The molecule has 1 aliphatic rings. The molecule has 0 radical (unpaired) electrons. The maximum atomic E-state index is 13.7. The van der Waals surface area contributed by atoms with Crippen molar-refractivity contribution in [2.75, 3.05) is 13.2 Å². The molecule has 8 nitrogen and oxygen atoms in total. The summed E-state index contributed by atoms with van der Waals surface area (Å²) in [5.74, 6) is 0.574. The summed E-state index contributed by atoms with van der Waals surface area (Å²) >= 11 is 0. The molecule has 3 heterocycles. The number of carbonyl (C=O) groups excluding carboxylic acids is 1. The van der Waals surface area contributed by atoms with Gasteiger partial charge in [-0.1, -0.05) is 19.1 Å². The van der Waals surface area contributed by atoms with E-state index in [1.807, 2.05) is 43.0 Å². The number of carbonyl (C=O) groups is 1. The quantitative estimate of drug-likeness (QED) is 0.682. The fraction of sp³-hybridized carbons (Fsp3) is 0.391. The van der Waals surface area contributed by atoms with Crippen molar-refractivity contribution in [2.45, 2.75) is 39.2 Å². The molecule has 0 unspecified atom stereocenters. The molecule has 3 aromatic rings. The normalized spacial score (nSPS) is 16.1. The first-order valence-corrected chi connectivity index (χ1v) is 10.6. The van der Waals surface area contributed by atoms with Crippen LogP contribution in [0.2, 0.25) is 0 Å². The third-order valence-corrected chi connectivity index (χ3v) is 5.81. The van der Waals surface area contributed by atoms with Crippen LogP contribution < -0.4 is 16.0 Å². The number of likely N-dealkylation sites (tertiary alicyclic amines) is 1. The monoisotopic (exact) mass is 422 g/mol. The van der Waals surface area contributed by atoms with Crippen molar-refractivity contribution in [1.29, 1.82) is 0 Å². The zero-order valence-corrected chi connectivity index (χ0v) is 18.0. The van der Waals surface area contributed by atoms with Crippen molar-refractivity contribution in [3.05, 3.63) is 68.0 Å². The highest BCUT2D eigenvalue weighted by molar-refractivity contribution is 6.05. The van der Waals surface area contributed by atoms with Crippen molar-refractivity contribution < 1.29 is 9.53 Å². The molecule has 8 heteroatoms. The Hall–Kier alpha value is -3.42. The van der Waals surface area contributed by atoms with Gasteiger partial charge in [-0.05, 0) is 49.9 Å². The SMILES string of the molecule is CCOc1ccc([C@H]2CCCN2C(=O)c2cc(CC)nc3c2c(=O)[nH]c(=O)n3C)cc1. The smallest absolute Gasteiger partial charge is 0.329 e. The maximum Gasteiger partial charge on any atom is 0.329 e. The van der Waals surface area contributed by atoms with E-state index >= 15 is 0 Å². The second-order valence-corrected chi connectivity index (χ2v) is 7.69. The zero-order chi connectivity index (χ0) is 22.1. The number of H-pyrrole nitrogens is 1. The van der Waals surface area contributed by atoms with Crippen molar-refractivity contribution in [1.82, 2.24) is 19.4 Å². The number of aromatic amines is 1. The minimum Gasteiger partial charge on any atom is -0.494 e. The average molecular weight is 422 g/mol. The standard InChI is InChI=1S/C23H26N4O4/c1-4-15-13-17(19-20(24-15)26(3)23(30)25-21(19)28)22(29)27-12-6-7-18(27)14-8-10-16(11-9-14)31-5-2/h8-11,13,18H,4-7,12H2,1-3H3,(H,25,28,30)/t18-/m1/s1. The second-order valence-electron chi connectivity index (χ2n) is 7.69. The number of fused-ring (bicyclic) bond motifs is 1. The van der Waals surface area contributed by atoms with Gasteiger partial charge >= 0.3 is 5.69 Å². The van der Waals surface area contributed by atoms with Gasteiger partial charge in [0.1, 0.15) is 11.4 Å². The topological polar surface area (TPSA) is 97.3 Å². The molecule has 1 fully saturated rings. The minimum absolute atomic E-state index is 0.0805. The molecule has 0 spiro atoms. The number of amides is 1.